The smallest absolute Gasteiger partial charge is 0.302 e. The summed E-state index contributed by atoms with van der Waals surface area (Å²) < 4.78 is 4.71. The van der Waals surface area contributed by atoms with Crippen molar-refractivity contribution in [2.75, 3.05) is 18.5 Å². The predicted octanol–water partition coefficient (Wildman–Crippen LogP) is 1.10. The summed E-state index contributed by atoms with van der Waals surface area (Å²) in [5.74, 6) is 0.301. The Labute approximate surface area is 86.4 Å². The van der Waals surface area contributed by atoms with E-state index >= 15 is 0 Å². The molecule has 1 N–H and O–H groups in total. The molecule has 0 bridgehead atoms. The number of anilines is 1. The van der Waals surface area contributed by atoms with E-state index in [0.29, 0.717) is 24.1 Å². The van der Waals surface area contributed by atoms with Gasteiger partial charge in [0.2, 0.25) is 0 Å². The number of hydrogen-bond acceptors (Lipinski definition) is 5. The zero-order valence-electron chi connectivity index (χ0n) is 7.66. The van der Waals surface area contributed by atoms with E-state index < -0.39 is 0 Å². The molecular weight excluding hydrogens is 206 g/mol. The van der Waals surface area contributed by atoms with Crippen molar-refractivity contribution in [3.8, 4) is 0 Å². The number of carbonyl (C=O) groups excluding carboxylic acids is 1. The number of halogens is 1. The molecule has 0 fully saturated rings. The molecule has 6 heteroatoms. The molecule has 1 rings (SSSR count). The van der Waals surface area contributed by atoms with Crippen LogP contribution in [0, 0.1) is 0 Å². The summed E-state index contributed by atoms with van der Waals surface area (Å²) in [5, 5.41) is 10.7. The molecule has 5 nitrogen and oxygen atoms in total. The summed E-state index contributed by atoms with van der Waals surface area (Å²) in [7, 11) is 0. The largest absolute Gasteiger partial charge is 0.464 e. The van der Waals surface area contributed by atoms with Crippen molar-refractivity contribution >= 4 is 23.4 Å². The van der Waals surface area contributed by atoms with Gasteiger partial charge in [0.25, 0.3) is 0 Å². The quantitative estimate of drug-likeness (QED) is 0.602. The minimum Gasteiger partial charge on any atom is -0.464 e. The number of ether oxygens (including phenoxy) is 1. The second kappa shape index (κ2) is 5.39. The Hall–Kier alpha value is -1.36. The summed E-state index contributed by atoms with van der Waals surface area (Å²) in [6.45, 7) is 2.16. The monoisotopic (exact) mass is 215 g/mol. The van der Waals surface area contributed by atoms with Crippen LogP contribution in [0.2, 0.25) is 5.15 Å². The van der Waals surface area contributed by atoms with Crippen LogP contribution in [0.25, 0.3) is 0 Å². The van der Waals surface area contributed by atoms with Crippen LogP contribution in [0.15, 0.2) is 12.1 Å². The van der Waals surface area contributed by atoms with Gasteiger partial charge in [-0.25, -0.2) is 0 Å². The first-order chi connectivity index (χ1) is 6.68. The van der Waals surface area contributed by atoms with Gasteiger partial charge in [0.15, 0.2) is 5.15 Å². The predicted molar refractivity (Wildman–Crippen MR) is 52.2 cm³/mol. The molecule has 0 radical (unpaired) electrons. The van der Waals surface area contributed by atoms with Crippen LogP contribution in [0.3, 0.4) is 0 Å². The van der Waals surface area contributed by atoms with Crippen molar-refractivity contribution in [2.24, 2.45) is 0 Å². The van der Waals surface area contributed by atoms with Crippen LogP contribution in [0.1, 0.15) is 6.92 Å². The van der Waals surface area contributed by atoms with E-state index in [1.807, 2.05) is 0 Å². The second-order valence-corrected chi connectivity index (χ2v) is 2.90. The number of hydrogen-bond donors (Lipinski definition) is 1. The highest BCUT2D eigenvalue weighted by atomic mass is 35.5. The molecule has 1 aromatic heterocycles. The van der Waals surface area contributed by atoms with Crippen molar-refractivity contribution < 1.29 is 9.53 Å². The Morgan fingerprint density at radius 1 is 1.57 bits per heavy atom. The average molecular weight is 216 g/mol. The minimum atomic E-state index is -0.297. The first-order valence-electron chi connectivity index (χ1n) is 4.05. The van der Waals surface area contributed by atoms with E-state index in [1.165, 1.54) is 6.92 Å². The molecule has 0 atom stereocenters. The Balaban J connectivity index is 2.25. The average Bonchev–Trinajstić information content (AvgIpc) is 2.15. The summed E-state index contributed by atoms with van der Waals surface area (Å²) >= 11 is 5.54. The van der Waals surface area contributed by atoms with Crippen molar-refractivity contribution in [1.29, 1.82) is 0 Å². The molecule has 0 spiro atoms. The Morgan fingerprint density at radius 3 is 2.93 bits per heavy atom. The van der Waals surface area contributed by atoms with Gasteiger partial charge in [-0.2, -0.15) is 0 Å². The molecule has 0 saturated carbocycles. The van der Waals surface area contributed by atoms with Crippen LogP contribution >= 0.6 is 11.6 Å². The van der Waals surface area contributed by atoms with Crippen molar-refractivity contribution in [1.82, 2.24) is 10.2 Å². The van der Waals surface area contributed by atoms with Gasteiger partial charge in [-0.15, -0.1) is 10.2 Å². The number of rotatable bonds is 4. The Bertz CT molecular complexity index is 302. The van der Waals surface area contributed by atoms with Gasteiger partial charge >= 0.3 is 5.97 Å². The van der Waals surface area contributed by atoms with E-state index in [-0.39, 0.29) is 5.97 Å². The standard InChI is InChI=1S/C8H10ClN3O2/c1-6(13)14-5-4-10-8-3-2-7(9)11-12-8/h2-3H,4-5H2,1H3,(H,10,12). The second-order valence-electron chi connectivity index (χ2n) is 2.51. The maximum atomic E-state index is 10.4. The van der Waals surface area contributed by atoms with E-state index in [0.717, 1.165) is 0 Å². The van der Waals surface area contributed by atoms with Gasteiger partial charge in [-0.05, 0) is 12.1 Å². The van der Waals surface area contributed by atoms with Gasteiger partial charge < -0.3 is 10.1 Å². The maximum absolute atomic E-state index is 10.4. The molecule has 0 aliphatic rings. The van der Waals surface area contributed by atoms with Crippen LogP contribution in [-0.2, 0) is 9.53 Å². The molecule has 1 aromatic rings. The lowest BCUT2D eigenvalue weighted by Gasteiger charge is -2.04. The zero-order chi connectivity index (χ0) is 10.4. The van der Waals surface area contributed by atoms with E-state index in [2.05, 4.69) is 15.5 Å². The highest BCUT2D eigenvalue weighted by Gasteiger charge is 1.95. The molecule has 0 amide bonds. The Morgan fingerprint density at radius 2 is 2.36 bits per heavy atom. The summed E-state index contributed by atoms with van der Waals surface area (Å²) in [6.07, 6.45) is 0. The molecule has 76 valence electrons. The van der Waals surface area contributed by atoms with Gasteiger partial charge in [0.05, 0.1) is 6.54 Å². The van der Waals surface area contributed by atoms with Crippen molar-refractivity contribution in [3.63, 3.8) is 0 Å². The number of carbonyl (C=O) groups is 1. The first kappa shape index (κ1) is 10.7. The number of aromatic nitrogens is 2. The molecule has 0 aliphatic carbocycles. The fourth-order valence-corrected chi connectivity index (χ4v) is 0.885. The number of esters is 1. The van der Waals surface area contributed by atoms with E-state index in [4.69, 9.17) is 16.3 Å². The van der Waals surface area contributed by atoms with Gasteiger partial charge in [-0.1, -0.05) is 11.6 Å². The zero-order valence-corrected chi connectivity index (χ0v) is 8.41. The van der Waals surface area contributed by atoms with E-state index in [9.17, 15) is 4.79 Å². The molecule has 0 unspecified atom stereocenters. The molecule has 0 aliphatic heterocycles. The maximum Gasteiger partial charge on any atom is 0.302 e. The van der Waals surface area contributed by atoms with Crippen LogP contribution in [-0.4, -0.2) is 29.3 Å². The van der Waals surface area contributed by atoms with Crippen LogP contribution in [0.5, 0.6) is 0 Å². The first-order valence-corrected chi connectivity index (χ1v) is 4.43. The molecule has 1 heterocycles. The minimum absolute atomic E-state index is 0.297. The van der Waals surface area contributed by atoms with Crippen LogP contribution < -0.4 is 5.32 Å². The highest BCUT2D eigenvalue weighted by molar-refractivity contribution is 6.29. The van der Waals surface area contributed by atoms with Crippen LogP contribution in [0.4, 0.5) is 5.82 Å². The third kappa shape index (κ3) is 4.04. The fraction of sp³-hybridized carbons (Fsp3) is 0.375. The summed E-state index contributed by atoms with van der Waals surface area (Å²) in [4.78, 5) is 10.4. The van der Waals surface area contributed by atoms with Crippen molar-refractivity contribution in [3.05, 3.63) is 17.3 Å². The fourth-order valence-electron chi connectivity index (χ4n) is 0.784. The third-order valence-electron chi connectivity index (χ3n) is 1.35. The lowest BCUT2D eigenvalue weighted by molar-refractivity contribution is -0.140. The number of nitrogens with one attached hydrogen (secondary N) is 1. The van der Waals surface area contributed by atoms with Gasteiger partial charge in [0.1, 0.15) is 12.4 Å². The lowest BCUT2D eigenvalue weighted by Crippen LogP contribution is -2.12. The topological polar surface area (TPSA) is 64.1 Å². The molecule has 14 heavy (non-hydrogen) atoms. The summed E-state index contributed by atoms with van der Waals surface area (Å²) in [6, 6.07) is 3.33. The van der Waals surface area contributed by atoms with E-state index in [1.54, 1.807) is 12.1 Å². The SMILES string of the molecule is CC(=O)OCCNc1ccc(Cl)nn1. The molecule has 0 saturated heterocycles. The van der Waals surface area contributed by atoms with Gasteiger partial charge in [0, 0.05) is 6.92 Å². The highest BCUT2D eigenvalue weighted by Crippen LogP contribution is 2.05. The molecular formula is C8H10ClN3O2. The normalized spacial score (nSPS) is 9.57. The molecule has 0 aromatic carbocycles. The lowest BCUT2D eigenvalue weighted by atomic mass is 10.5. The number of nitrogens with zero attached hydrogens (tertiary/aromatic N) is 2. The summed E-state index contributed by atoms with van der Waals surface area (Å²) in [5.41, 5.74) is 0. The third-order valence-corrected chi connectivity index (χ3v) is 1.55. The van der Waals surface area contributed by atoms with Gasteiger partial charge in [-0.3, -0.25) is 4.79 Å². The van der Waals surface area contributed by atoms with Crippen molar-refractivity contribution in [2.45, 2.75) is 6.92 Å². The Kier molecular flexibility index (Phi) is 4.12.